The van der Waals surface area contributed by atoms with Crippen molar-refractivity contribution in [2.75, 3.05) is 20.3 Å². The van der Waals surface area contributed by atoms with Gasteiger partial charge in [-0.3, -0.25) is 0 Å². The van der Waals surface area contributed by atoms with E-state index in [1.54, 1.807) is 4.08 Å². The van der Waals surface area contributed by atoms with E-state index in [0.29, 0.717) is 13.2 Å². The SMILES string of the molecule is CCOP(=S)(OCC)N(C)SBr. The summed E-state index contributed by atoms with van der Waals surface area (Å²) in [7, 11) is 3.21. The van der Waals surface area contributed by atoms with Gasteiger partial charge in [0.15, 0.2) is 0 Å². The highest BCUT2D eigenvalue weighted by molar-refractivity contribution is 9.50. The van der Waals surface area contributed by atoms with Crippen molar-refractivity contribution in [1.29, 1.82) is 0 Å². The molecule has 0 rings (SSSR count). The van der Waals surface area contributed by atoms with Gasteiger partial charge in [0, 0.05) is 32.2 Å². The predicted molar refractivity (Wildman–Crippen MR) is 61.8 cm³/mol. The second kappa shape index (κ2) is 6.76. The maximum atomic E-state index is 5.40. The van der Waals surface area contributed by atoms with E-state index < -0.39 is 6.64 Å². The second-order valence-electron chi connectivity index (χ2n) is 1.84. The predicted octanol–water partition coefficient (Wildman–Crippen LogP) is 3.17. The van der Waals surface area contributed by atoms with Crippen molar-refractivity contribution in [3.05, 3.63) is 0 Å². The molecule has 0 aromatic rings. The Morgan fingerprint density at radius 3 is 2.08 bits per heavy atom. The lowest BCUT2D eigenvalue weighted by Crippen LogP contribution is -2.09. The molecule has 0 unspecified atom stereocenters. The summed E-state index contributed by atoms with van der Waals surface area (Å²) in [4.78, 5) is 0. The van der Waals surface area contributed by atoms with E-state index in [4.69, 9.17) is 20.9 Å². The third-order valence-electron chi connectivity index (χ3n) is 1.03. The average molecular weight is 294 g/mol. The summed E-state index contributed by atoms with van der Waals surface area (Å²) >= 11 is 8.50. The van der Waals surface area contributed by atoms with E-state index in [0.717, 1.165) is 0 Å². The summed E-state index contributed by atoms with van der Waals surface area (Å²) in [5.41, 5.74) is 0. The van der Waals surface area contributed by atoms with Crippen molar-refractivity contribution in [1.82, 2.24) is 4.08 Å². The van der Waals surface area contributed by atoms with Gasteiger partial charge in [0.05, 0.1) is 13.2 Å². The summed E-state index contributed by atoms with van der Waals surface area (Å²) in [6, 6.07) is 0. The van der Waals surface area contributed by atoms with Crippen LogP contribution in [-0.4, -0.2) is 24.3 Å². The fraction of sp³-hybridized carbons (Fsp3) is 1.00. The molecule has 0 radical (unpaired) electrons. The third kappa shape index (κ3) is 4.05. The van der Waals surface area contributed by atoms with E-state index in [1.807, 2.05) is 20.9 Å². The summed E-state index contributed by atoms with van der Waals surface area (Å²) in [5, 5.41) is 0. The smallest absolute Gasteiger partial charge is 0.274 e. The summed E-state index contributed by atoms with van der Waals surface area (Å²) in [6.07, 6.45) is 0. The molecule has 74 valence electrons. The number of hydrogen-bond donors (Lipinski definition) is 0. The Hall–Kier alpha value is 1.36. The molecule has 0 bridgehead atoms. The van der Waals surface area contributed by atoms with Gasteiger partial charge in [0.1, 0.15) is 0 Å². The topological polar surface area (TPSA) is 21.7 Å². The van der Waals surface area contributed by atoms with E-state index in [-0.39, 0.29) is 0 Å². The summed E-state index contributed by atoms with van der Waals surface area (Å²) in [5.74, 6) is 0. The molecule has 0 N–H and O–H groups in total. The highest BCUT2D eigenvalue weighted by Crippen LogP contribution is 2.55. The van der Waals surface area contributed by atoms with Crippen molar-refractivity contribution in [3.63, 3.8) is 0 Å². The zero-order chi connectivity index (χ0) is 9.61. The maximum absolute atomic E-state index is 5.40. The number of halogens is 1. The van der Waals surface area contributed by atoms with E-state index in [2.05, 4.69) is 14.8 Å². The molecule has 7 heteroatoms. The molecular formula is C5H13BrNO2PS2. The van der Waals surface area contributed by atoms with Gasteiger partial charge in [-0.05, 0) is 25.7 Å². The van der Waals surface area contributed by atoms with Gasteiger partial charge in [0.25, 0.3) is 6.64 Å². The molecular weight excluding hydrogens is 281 g/mol. The van der Waals surface area contributed by atoms with Crippen LogP contribution in [0.2, 0.25) is 0 Å². The minimum Gasteiger partial charge on any atom is -0.318 e. The molecule has 0 fully saturated rings. The van der Waals surface area contributed by atoms with Gasteiger partial charge in [0.2, 0.25) is 0 Å². The van der Waals surface area contributed by atoms with Crippen LogP contribution in [-0.2, 0) is 20.9 Å². The molecule has 0 aromatic carbocycles. The number of nitrogens with zero attached hydrogens (tertiary/aromatic N) is 1. The quantitative estimate of drug-likeness (QED) is 0.552. The molecule has 0 aliphatic rings. The Labute approximate surface area is 90.7 Å². The van der Waals surface area contributed by atoms with E-state index in [9.17, 15) is 0 Å². The van der Waals surface area contributed by atoms with Crippen LogP contribution in [0.15, 0.2) is 0 Å². The lowest BCUT2D eigenvalue weighted by molar-refractivity contribution is 0.248. The zero-order valence-electron chi connectivity index (χ0n) is 7.32. The molecule has 0 saturated carbocycles. The second-order valence-corrected chi connectivity index (χ2v) is 7.10. The van der Waals surface area contributed by atoms with Gasteiger partial charge < -0.3 is 9.05 Å². The first-order valence-corrected chi connectivity index (χ1v) is 8.73. The largest absolute Gasteiger partial charge is 0.318 e. The molecule has 0 amide bonds. The van der Waals surface area contributed by atoms with Crippen molar-refractivity contribution >= 4 is 43.6 Å². The Morgan fingerprint density at radius 2 is 1.83 bits per heavy atom. The molecule has 0 heterocycles. The highest BCUT2D eigenvalue weighted by atomic mass is 79.9. The van der Waals surface area contributed by atoms with Gasteiger partial charge >= 0.3 is 0 Å². The lowest BCUT2D eigenvalue weighted by atomic mass is 10.9. The first-order chi connectivity index (χ1) is 5.60. The molecule has 3 nitrogen and oxygen atoms in total. The van der Waals surface area contributed by atoms with Gasteiger partial charge in [-0.15, -0.1) is 0 Å². The Balaban J connectivity index is 4.27. The van der Waals surface area contributed by atoms with Crippen LogP contribution >= 0.6 is 31.8 Å². The molecule has 0 atom stereocenters. The molecule has 0 aliphatic carbocycles. The Morgan fingerprint density at radius 1 is 1.42 bits per heavy atom. The molecule has 12 heavy (non-hydrogen) atoms. The van der Waals surface area contributed by atoms with Crippen LogP contribution in [0.3, 0.4) is 0 Å². The monoisotopic (exact) mass is 293 g/mol. The van der Waals surface area contributed by atoms with Gasteiger partial charge in [-0.1, -0.05) is 0 Å². The van der Waals surface area contributed by atoms with Gasteiger partial charge in [-0.2, -0.15) is 4.08 Å². The van der Waals surface area contributed by atoms with Crippen molar-refractivity contribution in [2.24, 2.45) is 0 Å². The first-order valence-electron chi connectivity index (χ1n) is 3.52. The van der Waals surface area contributed by atoms with Crippen molar-refractivity contribution in [2.45, 2.75) is 13.8 Å². The number of rotatable bonds is 6. The molecule has 0 spiro atoms. The Bertz CT molecular complexity index is 162. The van der Waals surface area contributed by atoms with Crippen LogP contribution in [0, 0.1) is 0 Å². The fourth-order valence-electron chi connectivity index (χ4n) is 0.564. The van der Waals surface area contributed by atoms with Crippen LogP contribution in [0.1, 0.15) is 13.8 Å². The van der Waals surface area contributed by atoms with Crippen LogP contribution < -0.4 is 0 Å². The van der Waals surface area contributed by atoms with Gasteiger partial charge in [-0.25, -0.2) is 0 Å². The molecule has 0 saturated heterocycles. The molecule has 0 aliphatic heterocycles. The van der Waals surface area contributed by atoms with Crippen LogP contribution in [0.5, 0.6) is 0 Å². The summed E-state index contributed by atoms with van der Waals surface area (Å²) in [6.45, 7) is 2.75. The van der Waals surface area contributed by atoms with Crippen molar-refractivity contribution in [3.8, 4) is 0 Å². The number of hydrogen-bond acceptors (Lipinski definition) is 4. The van der Waals surface area contributed by atoms with Crippen LogP contribution in [0.4, 0.5) is 0 Å². The minimum atomic E-state index is -2.23. The fourth-order valence-corrected chi connectivity index (χ4v) is 5.44. The Kier molecular flexibility index (Phi) is 7.53. The minimum absolute atomic E-state index is 0.579. The van der Waals surface area contributed by atoms with E-state index >= 15 is 0 Å². The third-order valence-corrected chi connectivity index (χ3v) is 7.63. The molecule has 0 aromatic heterocycles. The standard InChI is InChI=1S/C5H13BrNO2PS2/c1-4-8-10(11,9-5-2)7(3)12-6/h4-5H2,1-3H3. The highest BCUT2D eigenvalue weighted by Gasteiger charge is 2.24. The van der Waals surface area contributed by atoms with Crippen molar-refractivity contribution < 1.29 is 9.05 Å². The zero-order valence-corrected chi connectivity index (χ0v) is 11.4. The normalized spacial score (nSPS) is 12.4. The maximum Gasteiger partial charge on any atom is 0.274 e. The van der Waals surface area contributed by atoms with Crippen LogP contribution in [0.25, 0.3) is 0 Å². The first kappa shape index (κ1) is 13.4. The van der Waals surface area contributed by atoms with E-state index in [1.165, 1.54) is 10.4 Å². The average Bonchev–Trinajstić information content (AvgIpc) is 2.04. The summed E-state index contributed by atoms with van der Waals surface area (Å²) < 4.78 is 12.6. The lowest BCUT2D eigenvalue weighted by Gasteiger charge is -2.26.